The minimum absolute atomic E-state index is 0.0474. The highest BCUT2D eigenvalue weighted by Crippen LogP contribution is 2.10. The van der Waals surface area contributed by atoms with Crippen LogP contribution in [-0.4, -0.2) is 22.2 Å². The van der Waals surface area contributed by atoms with Crippen LogP contribution in [0.5, 0.6) is 5.88 Å². The van der Waals surface area contributed by atoms with Crippen LogP contribution in [0, 0.1) is 0 Å². The Morgan fingerprint density at radius 2 is 2.40 bits per heavy atom. The average molecular weight is 231 g/mol. The summed E-state index contributed by atoms with van der Waals surface area (Å²) in [5.41, 5.74) is 0. The van der Waals surface area contributed by atoms with E-state index in [0.717, 1.165) is 11.3 Å². The van der Waals surface area contributed by atoms with Gasteiger partial charge in [0, 0.05) is 13.0 Å². The lowest BCUT2D eigenvalue weighted by Crippen LogP contribution is -2.14. The van der Waals surface area contributed by atoms with E-state index in [1.807, 2.05) is 0 Å². The highest BCUT2D eigenvalue weighted by atomic mass is 32.1. The van der Waals surface area contributed by atoms with Crippen molar-refractivity contribution in [3.8, 4) is 5.88 Å². The lowest BCUT2D eigenvalue weighted by atomic mass is 10.3. The van der Waals surface area contributed by atoms with Crippen molar-refractivity contribution < 1.29 is 14.6 Å². The SMILES string of the molecule is CCOC(=O)CCCn1c(O)csc1=O. The molecule has 15 heavy (non-hydrogen) atoms. The standard InChI is InChI=1S/C9H13NO4S/c1-2-14-8(12)4-3-5-10-7(11)6-15-9(10)13/h6,11H,2-5H2,1H3. The maximum atomic E-state index is 11.1. The third kappa shape index (κ3) is 3.39. The predicted molar refractivity (Wildman–Crippen MR) is 56.1 cm³/mol. The average Bonchev–Trinajstić information content (AvgIpc) is 2.49. The van der Waals surface area contributed by atoms with Gasteiger partial charge in [-0.25, -0.2) is 0 Å². The second-order valence-corrected chi connectivity index (χ2v) is 3.74. The Morgan fingerprint density at radius 3 is 2.93 bits per heavy atom. The van der Waals surface area contributed by atoms with E-state index in [4.69, 9.17) is 4.74 Å². The van der Waals surface area contributed by atoms with Crippen LogP contribution in [0.2, 0.25) is 0 Å². The molecular formula is C9H13NO4S. The summed E-state index contributed by atoms with van der Waals surface area (Å²) < 4.78 is 5.98. The molecule has 0 fully saturated rings. The van der Waals surface area contributed by atoms with Crippen LogP contribution in [0.4, 0.5) is 0 Å². The van der Waals surface area contributed by atoms with Crippen molar-refractivity contribution in [1.82, 2.24) is 4.57 Å². The Morgan fingerprint density at radius 1 is 1.67 bits per heavy atom. The molecule has 1 N–H and O–H groups in total. The van der Waals surface area contributed by atoms with Crippen LogP contribution in [-0.2, 0) is 16.1 Å². The number of hydrogen-bond donors (Lipinski definition) is 1. The molecule has 0 radical (unpaired) electrons. The number of esters is 1. The van der Waals surface area contributed by atoms with Gasteiger partial charge in [-0.05, 0) is 13.3 Å². The molecule has 1 aromatic rings. The van der Waals surface area contributed by atoms with Gasteiger partial charge in [0.05, 0.1) is 12.0 Å². The second-order valence-electron chi connectivity index (χ2n) is 2.92. The number of aromatic nitrogens is 1. The van der Waals surface area contributed by atoms with Crippen LogP contribution in [0.3, 0.4) is 0 Å². The first-order valence-electron chi connectivity index (χ1n) is 4.68. The topological polar surface area (TPSA) is 68.5 Å². The van der Waals surface area contributed by atoms with Crippen LogP contribution in [0.1, 0.15) is 19.8 Å². The van der Waals surface area contributed by atoms with Crippen molar-refractivity contribution >= 4 is 17.3 Å². The Hall–Kier alpha value is -1.30. The van der Waals surface area contributed by atoms with Crippen molar-refractivity contribution in [2.75, 3.05) is 6.61 Å². The molecule has 6 heteroatoms. The van der Waals surface area contributed by atoms with E-state index in [1.165, 1.54) is 9.95 Å². The zero-order chi connectivity index (χ0) is 11.3. The van der Waals surface area contributed by atoms with Gasteiger partial charge in [0.2, 0.25) is 5.88 Å². The van der Waals surface area contributed by atoms with E-state index in [1.54, 1.807) is 6.92 Å². The molecular weight excluding hydrogens is 218 g/mol. The van der Waals surface area contributed by atoms with Gasteiger partial charge in [0.25, 0.3) is 0 Å². The molecule has 1 aromatic heterocycles. The van der Waals surface area contributed by atoms with Crippen LogP contribution in [0.15, 0.2) is 10.2 Å². The lowest BCUT2D eigenvalue weighted by molar-refractivity contribution is -0.143. The number of carbonyl (C=O) groups is 1. The maximum absolute atomic E-state index is 11.1. The first-order chi connectivity index (χ1) is 7.15. The number of ether oxygens (including phenoxy) is 1. The van der Waals surface area contributed by atoms with Crippen molar-refractivity contribution in [2.45, 2.75) is 26.3 Å². The molecule has 0 bridgehead atoms. The number of carbonyl (C=O) groups excluding carboxylic acids is 1. The van der Waals surface area contributed by atoms with Gasteiger partial charge < -0.3 is 9.84 Å². The second kappa shape index (κ2) is 5.55. The highest BCUT2D eigenvalue weighted by Gasteiger charge is 2.06. The fourth-order valence-corrected chi connectivity index (χ4v) is 1.79. The summed E-state index contributed by atoms with van der Waals surface area (Å²) in [6.07, 6.45) is 0.749. The zero-order valence-electron chi connectivity index (χ0n) is 8.43. The maximum Gasteiger partial charge on any atom is 0.309 e. The Kier molecular flexibility index (Phi) is 4.36. The van der Waals surface area contributed by atoms with Crippen LogP contribution in [0.25, 0.3) is 0 Å². The smallest absolute Gasteiger partial charge is 0.309 e. The molecule has 0 aliphatic carbocycles. The normalized spacial score (nSPS) is 10.2. The molecule has 0 spiro atoms. The van der Waals surface area contributed by atoms with Gasteiger partial charge in [-0.1, -0.05) is 11.3 Å². The summed E-state index contributed by atoms with van der Waals surface area (Å²) in [5.74, 6) is -0.325. The predicted octanol–water partition coefficient (Wildman–Crippen LogP) is 0.959. The van der Waals surface area contributed by atoms with Crippen LogP contribution >= 0.6 is 11.3 Å². The molecule has 0 atom stereocenters. The molecule has 84 valence electrons. The van der Waals surface area contributed by atoms with Crippen molar-refractivity contribution in [2.24, 2.45) is 0 Å². The molecule has 5 nitrogen and oxygen atoms in total. The molecule has 0 saturated carbocycles. The number of aromatic hydroxyl groups is 1. The third-order valence-electron chi connectivity index (χ3n) is 1.83. The van der Waals surface area contributed by atoms with E-state index in [9.17, 15) is 14.7 Å². The number of rotatable bonds is 5. The Bertz CT molecular complexity index is 382. The highest BCUT2D eigenvalue weighted by molar-refractivity contribution is 7.07. The first kappa shape index (κ1) is 11.8. The Labute approximate surface area is 90.9 Å². The fourth-order valence-electron chi connectivity index (χ4n) is 1.14. The third-order valence-corrected chi connectivity index (χ3v) is 2.58. The van der Waals surface area contributed by atoms with E-state index < -0.39 is 0 Å². The largest absolute Gasteiger partial charge is 0.494 e. The quantitative estimate of drug-likeness (QED) is 0.766. The monoisotopic (exact) mass is 231 g/mol. The van der Waals surface area contributed by atoms with Gasteiger partial charge in [-0.3, -0.25) is 14.2 Å². The minimum Gasteiger partial charge on any atom is -0.494 e. The van der Waals surface area contributed by atoms with Crippen molar-refractivity contribution in [1.29, 1.82) is 0 Å². The number of thiazole rings is 1. The molecule has 0 saturated heterocycles. The Balaban J connectivity index is 2.38. The zero-order valence-corrected chi connectivity index (χ0v) is 9.25. The molecule has 0 aliphatic rings. The van der Waals surface area contributed by atoms with Gasteiger partial charge in [-0.15, -0.1) is 0 Å². The summed E-state index contributed by atoms with van der Waals surface area (Å²) in [4.78, 5) is 21.9. The lowest BCUT2D eigenvalue weighted by Gasteiger charge is -2.03. The van der Waals surface area contributed by atoms with Crippen molar-refractivity contribution in [3.63, 3.8) is 0 Å². The number of nitrogens with zero attached hydrogens (tertiary/aromatic N) is 1. The van der Waals surface area contributed by atoms with E-state index >= 15 is 0 Å². The molecule has 0 aliphatic heterocycles. The first-order valence-corrected chi connectivity index (χ1v) is 5.56. The molecule has 1 rings (SSSR count). The summed E-state index contributed by atoms with van der Waals surface area (Å²) in [6, 6.07) is 0. The van der Waals surface area contributed by atoms with Gasteiger partial charge in [0.1, 0.15) is 0 Å². The summed E-state index contributed by atoms with van der Waals surface area (Å²) >= 11 is 0.941. The van der Waals surface area contributed by atoms with E-state index in [-0.39, 0.29) is 23.1 Å². The van der Waals surface area contributed by atoms with E-state index in [0.29, 0.717) is 19.6 Å². The minimum atomic E-state index is -0.278. The number of hydrogen-bond acceptors (Lipinski definition) is 5. The van der Waals surface area contributed by atoms with E-state index in [2.05, 4.69) is 0 Å². The summed E-state index contributed by atoms with van der Waals surface area (Å²) in [5, 5.41) is 10.6. The van der Waals surface area contributed by atoms with Crippen molar-refractivity contribution in [3.05, 3.63) is 15.0 Å². The molecule has 0 amide bonds. The van der Waals surface area contributed by atoms with Crippen LogP contribution < -0.4 is 4.87 Å². The van der Waals surface area contributed by atoms with Gasteiger partial charge in [0.15, 0.2) is 0 Å². The van der Waals surface area contributed by atoms with Gasteiger partial charge in [-0.2, -0.15) is 0 Å². The molecule has 1 heterocycles. The molecule has 0 unspecified atom stereocenters. The summed E-state index contributed by atoms with van der Waals surface area (Å²) in [6.45, 7) is 2.45. The fraction of sp³-hybridized carbons (Fsp3) is 0.556. The molecule has 0 aromatic carbocycles. The summed E-state index contributed by atoms with van der Waals surface area (Å²) in [7, 11) is 0. The van der Waals surface area contributed by atoms with Gasteiger partial charge >= 0.3 is 10.8 Å².